The van der Waals surface area contributed by atoms with Gasteiger partial charge in [-0.05, 0) is 37.5 Å². The Morgan fingerprint density at radius 2 is 2.00 bits per heavy atom. The number of carbonyl (C=O) groups is 1. The number of benzene rings is 1. The number of carbonyl (C=O) groups excluding carboxylic acids is 1. The average molecular weight is 317 g/mol. The average Bonchev–Trinajstić information content (AvgIpc) is 2.44. The maximum atomic E-state index is 12.2. The number of sulfonamides is 1. The Kier molecular flexibility index (Phi) is 7.04. The maximum absolute atomic E-state index is 12.2. The third kappa shape index (κ3) is 5.15. The lowest BCUT2D eigenvalue weighted by atomic mass is 10.2. The van der Waals surface area contributed by atoms with Crippen molar-refractivity contribution in [2.45, 2.75) is 24.3 Å². The number of thioether (sulfide) groups is 1. The van der Waals surface area contributed by atoms with Crippen molar-refractivity contribution in [3.63, 3.8) is 0 Å². The second-order valence-corrected chi connectivity index (χ2v) is 6.72. The van der Waals surface area contributed by atoms with Crippen molar-refractivity contribution in [1.29, 1.82) is 0 Å². The van der Waals surface area contributed by atoms with Crippen LogP contribution in [0.25, 0.3) is 0 Å². The lowest BCUT2D eigenvalue weighted by Gasteiger charge is -2.17. The SMILES string of the molecule is CCOC(=O)[C@H](CCSC)NS(=O)(=O)c1ccccc1. The first-order valence-electron chi connectivity index (χ1n) is 6.24. The molecule has 0 bridgehead atoms. The Balaban J connectivity index is 2.85. The lowest BCUT2D eigenvalue weighted by Crippen LogP contribution is -2.42. The van der Waals surface area contributed by atoms with Crippen LogP contribution in [0.1, 0.15) is 13.3 Å². The van der Waals surface area contributed by atoms with Gasteiger partial charge >= 0.3 is 5.97 Å². The molecule has 20 heavy (non-hydrogen) atoms. The Hall–Kier alpha value is -1.05. The fourth-order valence-corrected chi connectivity index (χ4v) is 3.27. The van der Waals surface area contributed by atoms with Gasteiger partial charge in [-0.25, -0.2) is 8.42 Å². The van der Waals surface area contributed by atoms with E-state index < -0.39 is 22.0 Å². The van der Waals surface area contributed by atoms with E-state index in [1.54, 1.807) is 36.9 Å². The van der Waals surface area contributed by atoms with Crippen LogP contribution >= 0.6 is 11.8 Å². The number of hydrogen-bond donors (Lipinski definition) is 1. The number of ether oxygens (including phenoxy) is 1. The van der Waals surface area contributed by atoms with Gasteiger partial charge in [0.25, 0.3) is 0 Å². The van der Waals surface area contributed by atoms with Crippen LogP contribution in [-0.2, 0) is 19.6 Å². The highest BCUT2D eigenvalue weighted by atomic mass is 32.2. The molecular formula is C13H19NO4S2. The van der Waals surface area contributed by atoms with Gasteiger partial charge in [0.05, 0.1) is 11.5 Å². The molecule has 0 saturated carbocycles. The third-order valence-electron chi connectivity index (χ3n) is 2.53. The van der Waals surface area contributed by atoms with E-state index >= 15 is 0 Å². The summed E-state index contributed by atoms with van der Waals surface area (Å²) in [5.41, 5.74) is 0. The predicted molar refractivity (Wildman–Crippen MR) is 80.2 cm³/mol. The highest BCUT2D eigenvalue weighted by molar-refractivity contribution is 7.98. The Bertz CT molecular complexity index is 516. The first kappa shape index (κ1) is 17.0. The standard InChI is InChI=1S/C13H19NO4S2/c1-3-18-13(15)12(9-10-19-2)14-20(16,17)11-7-5-4-6-8-11/h4-8,12,14H,3,9-10H2,1-2H3/t12-/m0/s1. The molecule has 0 aliphatic carbocycles. The zero-order valence-corrected chi connectivity index (χ0v) is 13.2. The van der Waals surface area contributed by atoms with Crippen LogP contribution in [0, 0.1) is 0 Å². The summed E-state index contributed by atoms with van der Waals surface area (Å²) in [7, 11) is -3.71. The van der Waals surface area contributed by atoms with Gasteiger partial charge in [-0.2, -0.15) is 16.5 Å². The number of hydrogen-bond acceptors (Lipinski definition) is 5. The summed E-state index contributed by atoms with van der Waals surface area (Å²) in [6, 6.07) is 7.12. The molecule has 1 atom stereocenters. The molecule has 0 radical (unpaired) electrons. The van der Waals surface area contributed by atoms with Crippen LogP contribution in [0.5, 0.6) is 0 Å². The van der Waals surface area contributed by atoms with E-state index in [2.05, 4.69) is 4.72 Å². The molecule has 0 unspecified atom stereocenters. The summed E-state index contributed by atoms with van der Waals surface area (Å²) in [5.74, 6) is 0.127. The van der Waals surface area contributed by atoms with Crippen molar-refractivity contribution in [2.75, 3.05) is 18.6 Å². The van der Waals surface area contributed by atoms with Crippen LogP contribution < -0.4 is 4.72 Å². The van der Waals surface area contributed by atoms with E-state index in [4.69, 9.17) is 4.74 Å². The molecular weight excluding hydrogens is 298 g/mol. The summed E-state index contributed by atoms with van der Waals surface area (Å²) < 4.78 is 31.7. The molecule has 112 valence electrons. The molecule has 0 aromatic heterocycles. The zero-order chi connectivity index (χ0) is 15.0. The fourth-order valence-electron chi connectivity index (χ4n) is 1.56. The molecule has 0 fully saturated rings. The van der Waals surface area contributed by atoms with E-state index in [0.29, 0.717) is 12.2 Å². The topological polar surface area (TPSA) is 72.5 Å². The van der Waals surface area contributed by atoms with Gasteiger partial charge in [-0.15, -0.1) is 0 Å². The second-order valence-electron chi connectivity index (χ2n) is 4.02. The molecule has 1 rings (SSSR count). The molecule has 0 heterocycles. The molecule has 1 aromatic rings. The van der Waals surface area contributed by atoms with E-state index in [-0.39, 0.29) is 11.5 Å². The van der Waals surface area contributed by atoms with Crippen molar-refractivity contribution in [1.82, 2.24) is 4.72 Å². The summed E-state index contributed by atoms with van der Waals surface area (Å²) in [6.45, 7) is 1.91. The summed E-state index contributed by atoms with van der Waals surface area (Å²) >= 11 is 1.54. The van der Waals surface area contributed by atoms with Crippen LogP contribution in [0.4, 0.5) is 0 Å². The molecule has 1 aromatic carbocycles. The van der Waals surface area contributed by atoms with E-state index in [9.17, 15) is 13.2 Å². The van der Waals surface area contributed by atoms with Crippen LogP contribution in [-0.4, -0.2) is 39.0 Å². The Morgan fingerprint density at radius 3 is 2.55 bits per heavy atom. The number of nitrogens with one attached hydrogen (secondary N) is 1. The minimum Gasteiger partial charge on any atom is -0.465 e. The first-order chi connectivity index (χ1) is 9.51. The number of rotatable bonds is 8. The van der Waals surface area contributed by atoms with Gasteiger partial charge in [-0.1, -0.05) is 18.2 Å². The smallest absolute Gasteiger partial charge is 0.324 e. The molecule has 1 N–H and O–H groups in total. The van der Waals surface area contributed by atoms with Crippen molar-refractivity contribution < 1.29 is 17.9 Å². The molecule has 5 nitrogen and oxygen atoms in total. The van der Waals surface area contributed by atoms with Gasteiger partial charge in [-0.3, -0.25) is 4.79 Å². The minimum absolute atomic E-state index is 0.137. The highest BCUT2D eigenvalue weighted by Gasteiger charge is 2.26. The normalized spacial score (nSPS) is 12.9. The predicted octanol–water partition coefficient (Wildman–Crippen LogP) is 1.65. The Labute approximate surface area is 124 Å². The second kappa shape index (κ2) is 8.28. The molecule has 0 saturated heterocycles. The van der Waals surface area contributed by atoms with Gasteiger partial charge in [0.2, 0.25) is 10.0 Å². The van der Waals surface area contributed by atoms with Crippen LogP contribution in [0.2, 0.25) is 0 Å². The quantitative estimate of drug-likeness (QED) is 0.738. The summed E-state index contributed by atoms with van der Waals surface area (Å²) in [4.78, 5) is 11.9. The maximum Gasteiger partial charge on any atom is 0.324 e. The van der Waals surface area contributed by atoms with Crippen molar-refractivity contribution in [2.24, 2.45) is 0 Å². The molecule has 0 spiro atoms. The summed E-state index contributed by atoms with van der Waals surface area (Å²) in [5, 5.41) is 0. The molecule has 0 amide bonds. The largest absolute Gasteiger partial charge is 0.465 e. The van der Waals surface area contributed by atoms with Crippen molar-refractivity contribution >= 4 is 27.8 Å². The Morgan fingerprint density at radius 1 is 1.35 bits per heavy atom. The number of esters is 1. The van der Waals surface area contributed by atoms with E-state index in [0.717, 1.165) is 0 Å². The monoisotopic (exact) mass is 317 g/mol. The molecule has 7 heteroatoms. The summed E-state index contributed by atoms with van der Waals surface area (Å²) in [6.07, 6.45) is 2.29. The minimum atomic E-state index is -3.71. The van der Waals surface area contributed by atoms with E-state index in [1.165, 1.54) is 12.1 Å². The third-order valence-corrected chi connectivity index (χ3v) is 4.66. The zero-order valence-electron chi connectivity index (χ0n) is 11.5. The van der Waals surface area contributed by atoms with Gasteiger partial charge < -0.3 is 4.74 Å². The molecule has 0 aliphatic heterocycles. The van der Waals surface area contributed by atoms with Crippen molar-refractivity contribution in [3.8, 4) is 0 Å². The van der Waals surface area contributed by atoms with Crippen LogP contribution in [0.3, 0.4) is 0 Å². The first-order valence-corrected chi connectivity index (χ1v) is 9.12. The van der Waals surface area contributed by atoms with Crippen molar-refractivity contribution in [3.05, 3.63) is 30.3 Å². The molecule has 0 aliphatic rings. The fraction of sp³-hybridized carbons (Fsp3) is 0.462. The highest BCUT2D eigenvalue weighted by Crippen LogP contribution is 2.11. The van der Waals surface area contributed by atoms with Gasteiger partial charge in [0.1, 0.15) is 6.04 Å². The van der Waals surface area contributed by atoms with Gasteiger partial charge in [0, 0.05) is 0 Å². The van der Waals surface area contributed by atoms with Crippen LogP contribution in [0.15, 0.2) is 35.2 Å². The lowest BCUT2D eigenvalue weighted by molar-refractivity contribution is -0.145. The van der Waals surface area contributed by atoms with E-state index in [1.807, 2.05) is 6.26 Å². The van der Waals surface area contributed by atoms with Gasteiger partial charge in [0.15, 0.2) is 0 Å².